The van der Waals surface area contributed by atoms with Gasteiger partial charge in [-0.25, -0.2) is 0 Å². The molecule has 14 heavy (non-hydrogen) atoms. The van der Waals surface area contributed by atoms with E-state index in [2.05, 4.69) is 0 Å². The third-order valence-corrected chi connectivity index (χ3v) is 3.76. The Bertz CT molecular complexity index is 386. The van der Waals surface area contributed by atoms with Gasteiger partial charge >= 0.3 is 0 Å². The molecule has 2 atom stereocenters. The van der Waals surface area contributed by atoms with Crippen LogP contribution in [-0.2, 0) is 5.60 Å². The Morgan fingerprint density at radius 2 is 2.14 bits per heavy atom. The van der Waals surface area contributed by atoms with Gasteiger partial charge < -0.3 is 10.2 Å². The molecule has 0 radical (unpaired) electrons. The van der Waals surface area contributed by atoms with E-state index in [1.807, 2.05) is 6.07 Å². The number of hydrogen-bond donors (Lipinski definition) is 2. The number of aromatic hydroxyl groups is 1. The number of phenols is 1. The number of fused-ring (bicyclic) bond motifs is 4. The van der Waals surface area contributed by atoms with Gasteiger partial charge in [-0.1, -0.05) is 18.9 Å². The lowest BCUT2D eigenvalue weighted by molar-refractivity contribution is -0.0495. The topological polar surface area (TPSA) is 40.5 Å². The number of benzene rings is 1. The number of phenolic OH excluding ortho intramolecular Hbond substituents is 1. The summed E-state index contributed by atoms with van der Waals surface area (Å²) in [7, 11) is 0. The zero-order valence-electron chi connectivity index (χ0n) is 8.03. The van der Waals surface area contributed by atoms with Crippen LogP contribution in [0.25, 0.3) is 0 Å². The van der Waals surface area contributed by atoms with E-state index in [-0.39, 0.29) is 5.75 Å². The first kappa shape index (κ1) is 8.30. The minimum Gasteiger partial charge on any atom is -0.508 e. The molecule has 0 amide bonds. The summed E-state index contributed by atoms with van der Waals surface area (Å²) in [6, 6.07) is 5.39. The first-order valence-electron chi connectivity index (χ1n) is 5.27. The van der Waals surface area contributed by atoms with Crippen LogP contribution in [0.5, 0.6) is 5.75 Å². The molecule has 1 fully saturated rings. The van der Waals surface area contributed by atoms with E-state index in [4.69, 9.17) is 0 Å². The van der Waals surface area contributed by atoms with E-state index in [0.29, 0.717) is 5.92 Å². The van der Waals surface area contributed by atoms with Crippen molar-refractivity contribution in [2.24, 2.45) is 0 Å². The Kier molecular flexibility index (Phi) is 1.49. The van der Waals surface area contributed by atoms with Crippen LogP contribution in [0.1, 0.15) is 42.7 Å². The molecule has 74 valence electrons. The lowest BCUT2D eigenvalue weighted by atomic mass is 9.58. The maximum atomic E-state index is 10.4. The highest BCUT2D eigenvalue weighted by Crippen LogP contribution is 2.57. The van der Waals surface area contributed by atoms with Crippen molar-refractivity contribution in [1.82, 2.24) is 0 Å². The van der Waals surface area contributed by atoms with Gasteiger partial charge in [-0.15, -0.1) is 0 Å². The fourth-order valence-electron chi connectivity index (χ4n) is 3.04. The average Bonchev–Trinajstić information content (AvgIpc) is 2.18. The van der Waals surface area contributed by atoms with E-state index in [0.717, 1.165) is 24.8 Å². The molecule has 0 unspecified atom stereocenters. The molecule has 1 saturated carbocycles. The molecule has 0 bridgehead atoms. The monoisotopic (exact) mass is 190 g/mol. The summed E-state index contributed by atoms with van der Waals surface area (Å²) in [5.41, 5.74) is 1.58. The van der Waals surface area contributed by atoms with Gasteiger partial charge in [0.25, 0.3) is 0 Å². The quantitative estimate of drug-likeness (QED) is 0.658. The van der Waals surface area contributed by atoms with Crippen LogP contribution in [0.4, 0.5) is 0 Å². The Morgan fingerprint density at radius 3 is 3.00 bits per heavy atom. The van der Waals surface area contributed by atoms with Crippen molar-refractivity contribution in [1.29, 1.82) is 0 Å². The molecule has 0 heterocycles. The molecule has 0 spiro atoms. The summed E-state index contributed by atoms with van der Waals surface area (Å²) in [6.07, 6.45) is 4.26. The molecule has 1 aromatic carbocycles. The second kappa shape index (κ2) is 2.51. The molecule has 2 N–H and O–H groups in total. The summed E-state index contributed by atoms with van der Waals surface area (Å²) in [5, 5.41) is 19.8. The Morgan fingerprint density at radius 1 is 1.29 bits per heavy atom. The van der Waals surface area contributed by atoms with Crippen molar-refractivity contribution in [3.63, 3.8) is 0 Å². The molecular weight excluding hydrogens is 176 g/mol. The molecule has 2 nitrogen and oxygen atoms in total. The third kappa shape index (κ3) is 0.845. The van der Waals surface area contributed by atoms with Crippen LogP contribution in [0.2, 0.25) is 0 Å². The fourth-order valence-corrected chi connectivity index (χ4v) is 3.04. The third-order valence-electron chi connectivity index (χ3n) is 3.76. The second-order valence-corrected chi connectivity index (χ2v) is 4.49. The van der Waals surface area contributed by atoms with Crippen molar-refractivity contribution in [2.45, 2.75) is 37.2 Å². The van der Waals surface area contributed by atoms with Crippen molar-refractivity contribution >= 4 is 0 Å². The fraction of sp³-hybridized carbons (Fsp3) is 0.500. The molecule has 2 aliphatic carbocycles. The van der Waals surface area contributed by atoms with Crippen LogP contribution >= 0.6 is 0 Å². The van der Waals surface area contributed by atoms with Gasteiger partial charge in [0.1, 0.15) is 5.75 Å². The highest BCUT2D eigenvalue weighted by Gasteiger charge is 2.51. The van der Waals surface area contributed by atoms with Crippen molar-refractivity contribution in [3.8, 4) is 5.75 Å². The maximum absolute atomic E-state index is 10.4. The van der Waals surface area contributed by atoms with E-state index in [9.17, 15) is 10.2 Å². The lowest BCUT2D eigenvalue weighted by Crippen LogP contribution is -2.45. The smallest absolute Gasteiger partial charge is 0.115 e. The summed E-state index contributed by atoms with van der Waals surface area (Å²) >= 11 is 0. The Balaban J connectivity index is 2.11. The molecule has 0 aliphatic heterocycles. The standard InChI is InChI=1S/C12H14O2/c13-8-4-5-9-10-3-1-2-6-12(10,14)11(9)7-8/h4-5,7,10,13-14H,1-3,6H2/t10-,12+/m0/s1. The highest BCUT2D eigenvalue weighted by molar-refractivity contribution is 5.51. The summed E-state index contributed by atoms with van der Waals surface area (Å²) in [4.78, 5) is 0. The average molecular weight is 190 g/mol. The number of aliphatic hydroxyl groups is 1. The van der Waals surface area contributed by atoms with Crippen LogP contribution in [0.15, 0.2) is 18.2 Å². The Hall–Kier alpha value is -1.02. The van der Waals surface area contributed by atoms with Crippen LogP contribution in [0, 0.1) is 0 Å². The highest BCUT2D eigenvalue weighted by atomic mass is 16.3. The number of rotatable bonds is 0. The molecule has 2 aliphatic rings. The van der Waals surface area contributed by atoms with Gasteiger partial charge in [0.05, 0.1) is 5.60 Å². The van der Waals surface area contributed by atoms with E-state index >= 15 is 0 Å². The van der Waals surface area contributed by atoms with Gasteiger partial charge in [-0.05, 0) is 36.1 Å². The van der Waals surface area contributed by atoms with Crippen molar-refractivity contribution in [2.75, 3.05) is 0 Å². The van der Waals surface area contributed by atoms with Crippen molar-refractivity contribution in [3.05, 3.63) is 29.3 Å². The molecule has 3 rings (SSSR count). The summed E-state index contributed by atoms with van der Waals surface area (Å²) < 4.78 is 0. The normalized spacial score (nSPS) is 34.2. The maximum Gasteiger partial charge on any atom is 0.115 e. The summed E-state index contributed by atoms with van der Waals surface area (Å²) in [5.74, 6) is 0.591. The van der Waals surface area contributed by atoms with Crippen molar-refractivity contribution < 1.29 is 10.2 Å². The first-order chi connectivity index (χ1) is 6.72. The molecule has 0 saturated heterocycles. The summed E-state index contributed by atoms with van der Waals surface area (Å²) in [6.45, 7) is 0. The first-order valence-corrected chi connectivity index (χ1v) is 5.27. The van der Waals surface area contributed by atoms with Gasteiger partial charge in [0, 0.05) is 5.92 Å². The van der Waals surface area contributed by atoms with Gasteiger partial charge in [-0.3, -0.25) is 0 Å². The van der Waals surface area contributed by atoms with E-state index in [1.54, 1.807) is 12.1 Å². The minimum atomic E-state index is -0.619. The predicted octanol–water partition coefficient (Wildman–Crippen LogP) is 2.25. The lowest BCUT2D eigenvalue weighted by Gasteiger charge is -2.50. The molecule has 1 aromatic rings. The van der Waals surface area contributed by atoms with Crippen LogP contribution in [-0.4, -0.2) is 10.2 Å². The molecule has 2 heteroatoms. The predicted molar refractivity (Wildman–Crippen MR) is 53.2 cm³/mol. The molecule has 0 aromatic heterocycles. The van der Waals surface area contributed by atoms with Crippen LogP contribution < -0.4 is 0 Å². The second-order valence-electron chi connectivity index (χ2n) is 4.49. The minimum absolute atomic E-state index is 0.265. The van der Waals surface area contributed by atoms with Gasteiger partial charge in [0.2, 0.25) is 0 Å². The number of hydrogen-bond acceptors (Lipinski definition) is 2. The van der Waals surface area contributed by atoms with E-state index < -0.39 is 5.60 Å². The van der Waals surface area contributed by atoms with E-state index in [1.165, 1.54) is 12.0 Å². The molecular formula is C12H14O2. The van der Waals surface area contributed by atoms with Gasteiger partial charge in [-0.2, -0.15) is 0 Å². The zero-order valence-corrected chi connectivity index (χ0v) is 8.03. The Labute approximate surface area is 83.2 Å². The zero-order chi connectivity index (χ0) is 9.76. The SMILES string of the molecule is Oc1ccc2c(c1)[C@@]1(O)CCCC[C@@H]21. The van der Waals surface area contributed by atoms with Crippen LogP contribution in [0.3, 0.4) is 0 Å². The van der Waals surface area contributed by atoms with Gasteiger partial charge in [0.15, 0.2) is 0 Å². The largest absolute Gasteiger partial charge is 0.508 e.